The molecule has 0 aromatic carbocycles. The molecule has 0 aliphatic carbocycles. The van der Waals surface area contributed by atoms with E-state index in [-0.39, 0.29) is 24.0 Å². The van der Waals surface area contributed by atoms with Gasteiger partial charge in [0.15, 0.2) is 5.96 Å². The first-order valence-corrected chi connectivity index (χ1v) is 9.55. The van der Waals surface area contributed by atoms with Crippen LogP contribution in [-0.4, -0.2) is 72.4 Å². The van der Waals surface area contributed by atoms with Crippen molar-refractivity contribution in [2.24, 2.45) is 4.99 Å². The van der Waals surface area contributed by atoms with Crippen LogP contribution < -0.4 is 15.5 Å². The van der Waals surface area contributed by atoms with Gasteiger partial charge in [-0.05, 0) is 37.2 Å². The standard InChI is InChI=1S/C19H30N8.HI/c1-20-19(22-6-3-9-27-10-4-7-24-27)23-16-17-5-8-21-18(15-17)26-13-11-25(2)12-14-26;/h4-5,7-8,10,15H,3,6,9,11-14,16H2,1-2H3,(H2,20,22,23);1H. The summed E-state index contributed by atoms with van der Waals surface area (Å²) in [6.45, 7) is 6.69. The van der Waals surface area contributed by atoms with Crippen molar-refractivity contribution < 1.29 is 0 Å². The van der Waals surface area contributed by atoms with Crippen LogP contribution in [0.2, 0.25) is 0 Å². The number of hydrogen-bond donors (Lipinski definition) is 2. The van der Waals surface area contributed by atoms with Gasteiger partial charge in [-0.15, -0.1) is 24.0 Å². The summed E-state index contributed by atoms with van der Waals surface area (Å²) in [4.78, 5) is 13.5. The second kappa shape index (κ2) is 11.8. The monoisotopic (exact) mass is 498 g/mol. The molecule has 0 atom stereocenters. The number of piperazine rings is 1. The molecule has 3 heterocycles. The van der Waals surface area contributed by atoms with E-state index in [0.29, 0.717) is 0 Å². The number of nitrogens with one attached hydrogen (secondary N) is 2. The molecule has 0 bridgehead atoms. The first kappa shape index (κ1) is 22.4. The molecule has 0 radical (unpaired) electrons. The molecule has 3 rings (SSSR count). The molecule has 1 saturated heterocycles. The number of halogens is 1. The van der Waals surface area contributed by atoms with Gasteiger partial charge >= 0.3 is 0 Å². The van der Waals surface area contributed by atoms with Gasteiger partial charge in [0.1, 0.15) is 5.82 Å². The number of anilines is 1. The van der Waals surface area contributed by atoms with Gasteiger partial charge in [0, 0.05) is 71.5 Å². The molecular weight excluding hydrogens is 467 g/mol. The maximum Gasteiger partial charge on any atom is 0.191 e. The minimum absolute atomic E-state index is 0. The number of likely N-dealkylation sites (N-methyl/N-ethyl adjacent to an activating group) is 1. The highest BCUT2D eigenvalue weighted by atomic mass is 127. The summed E-state index contributed by atoms with van der Waals surface area (Å²) >= 11 is 0. The fourth-order valence-corrected chi connectivity index (χ4v) is 3.07. The predicted molar refractivity (Wildman–Crippen MR) is 124 cm³/mol. The van der Waals surface area contributed by atoms with E-state index < -0.39 is 0 Å². The molecule has 2 aromatic rings. The molecule has 0 amide bonds. The van der Waals surface area contributed by atoms with E-state index in [1.165, 1.54) is 5.56 Å². The van der Waals surface area contributed by atoms with Crippen molar-refractivity contribution in [1.82, 2.24) is 30.3 Å². The van der Waals surface area contributed by atoms with E-state index in [2.05, 4.69) is 54.7 Å². The summed E-state index contributed by atoms with van der Waals surface area (Å²) < 4.78 is 1.94. The third kappa shape index (κ3) is 6.93. The smallest absolute Gasteiger partial charge is 0.191 e. The van der Waals surface area contributed by atoms with Crippen LogP contribution in [0.15, 0.2) is 41.8 Å². The van der Waals surface area contributed by atoms with Crippen molar-refractivity contribution in [3.63, 3.8) is 0 Å². The van der Waals surface area contributed by atoms with Crippen molar-refractivity contribution in [3.05, 3.63) is 42.4 Å². The van der Waals surface area contributed by atoms with Gasteiger partial charge in [0.05, 0.1) is 0 Å². The number of hydrogen-bond acceptors (Lipinski definition) is 5. The number of rotatable bonds is 7. The lowest BCUT2D eigenvalue weighted by Gasteiger charge is -2.33. The minimum Gasteiger partial charge on any atom is -0.356 e. The third-order valence-electron chi connectivity index (χ3n) is 4.74. The molecular formula is C19H31IN8. The minimum atomic E-state index is 0. The van der Waals surface area contributed by atoms with Crippen molar-refractivity contribution in [2.75, 3.05) is 51.7 Å². The Bertz CT molecular complexity index is 710. The summed E-state index contributed by atoms with van der Waals surface area (Å²) in [5, 5.41) is 10.9. The molecule has 1 fully saturated rings. The highest BCUT2D eigenvalue weighted by Crippen LogP contribution is 2.14. The average Bonchev–Trinajstić information content (AvgIpc) is 3.22. The Hall–Kier alpha value is -1.88. The SMILES string of the molecule is CN=C(NCCCn1cccn1)NCc1ccnc(N2CCN(C)CC2)c1.I. The van der Waals surface area contributed by atoms with Gasteiger partial charge in [-0.2, -0.15) is 5.10 Å². The Kier molecular flexibility index (Phi) is 9.48. The Morgan fingerprint density at radius 1 is 1.18 bits per heavy atom. The Morgan fingerprint density at radius 2 is 2.00 bits per heavy atom. The highest BCUT2D eigenvalue weighted by Gasteiger charge is 2.15. The van der Waals surface area contributed by atoms with E-state index in [1.807, 2.05) is 23.1 Å². The second-order valence-corrected chi connectivity index (χ2v) is 6.79. The zero-order valence-electron chi connectivity index (χ0n) is 16.7. The lowest BCUT2D eigenvalue weighted by Crippen LogP contribution is -2.44. The topological polar surface area (TPSA) is 73.6 Å². The number of guanidine groups is 1. The summed E-state index contributed by atoms with van der Waals surface area (Å²) in [7, 11) is 3.96. The molecule has 1 aliphatic heterocycles. The molecule has 154 valence electrons. The number of aliphatic imine (C=N–C) groups is 1. The molecule has 0 unspecified atom stereocenters. The van der Waals surface area contributed by atoms with E-state index >= 15 is 0 Å². The largest absolute Gasteiger partial charge is 0.356 e. The van der Waals surface area contributed by atoms with Crippen molar-refractivity contribution in [1.29, 1.82) is 0 Å². The normalized spacial score (nSPS) is 15.2. The van der Waals surface area contributed by atoms with Crippen LogP contribution in [0, 0.1) is 0 Å². The zero-order valence-corrected chi connectivity index (χ0v) is 19.0. The van der Waals surface area contributed by atoms with Gasteiger partial charge in [0.25, 0.3) is 0 Å². The van der Waals surface area contributed by atoms with Gasteiger partial charge in [-0.1, -0.05) is 0 Å². The zero-order chi connectivity index (χ0) is 18.9. The average molecular weight is 498 g/mol. The van der Waals surface area contributed by atoms with Crippen molar-refractivity contribution in [2.45, 2.75) is 19.5 Å². The Balaban J connectivity index is 0.00000280. The molecule has 0 spiro atoms. The van der Waals surface area contributed by atoms with Gasteiger partial charge < -0.3 is 20.4 Å². The number of pyridine rings is 1. The summed E-state index contributed by atoms with van der Waals surface area (Å²) in [6, 6.07) is 6.17. The second-order valence-electron chi connectivity index (χ2n) is 6.79. The third-order valence-corrected chi connectivity index (χ3v) is 4.74. The Morgan fingerprint density at radius 3 is 2.71 bits per heavy atom. The van der Waals surface area contributed by atoms with Crippen molar-refractivity contribution >= 4 is 35.8 Å². The van der Waals surface area contributed by atoms with Crippen LogP contribution in [0.4, 0.5) is 5.82 Å². The van der Waals surface area contributed by atoms with E-state index in [1.54, 1.807) is 13.2 Å². The predicted octanol–water partition coefficient (Wildman–Crippen LogP) is 1.40. The van der Waals surface area contributed by atoms with Crippen LogP contribution in [0.25, 0.3) is 0 Å². The first-order chi connectivity index (χ1) is 13.2. The molecule has 0 saturated carbocycles. The van der Waals surface area contributed by atoms with Crippen molar-refractivity contribution in [3.8, 4) is 0 Å². The van der Waals surface area contributed by atoms with Gasteiger partial charge in [-0.25, -0.2) is 4.98 Å². The quantitative estimate of drug-likeness (QED) is 0.260. The highest BCUT2D eigenvalue weighted by molar-refractivity contribution is 14.0. The molecule has 28 heavy (non-hydrogen) atoms. The first-order valence-electron chi connectivity index (χ1n) is 9.55. The lowest BCUT2D eigenvalue weighted by atomic mass is 10.2. The molecule has 1 aliphatic rings. The van der Waals surface area contributed by atoms with Crippen LogP contribution in [0.5, 0.6) is 0 Å². The molecule has 8 nitrogen and oxygen atoms in total. The summed E-state index contributed by atoms with van der Waals surface area (Å²) in [5.74, 6) is 1.87. The van der Waals surface area contributed by atoms with Crippen LogP contribution in [0.1, 0.15) is 12.0 Å². The van der Waals surface area contributed by atoms with Crippen LogP contribution >= 0.6 is 24.0 Å². The Labute approximate surface area is 184 Å². The maximum absolute atomic E-state index is 4.55. The fourth-order valence-electron chi connectivity index (χ4n) is 3.07. The summed E-state index contributed by atoms with van der Waals surface area (Å²) in [6.07, 6.45) is 6.67. The lowest BCUT2D eigenvalue weighted by molar-refractivity contribution is 0.312. The number of nitrogens with zero attached hydrogens (tertiary/aromatic N) is 6. The molecule has 9 heteroatoms. The maximum atomic E-state index is 4.55. The summed E-state index contributed by atoms with van der Waals surface area (Å²) in [5.41, 5.74) is 1.21. The number of aromatic nitrogens is 3. The number of aryl methyl sites for hydroxylation is 1. The van der Waals surface area contributed by atoms with Crippen LogP contribution in [0.3, 0.4) is 0 Å². The molecule has 2 aromatic heterocycles. The van der Waals surface area contributed by atoms with Gasteiger partial charge in [-0.3, -0.25) is 9.67 Å². The van der Waals surface area contributed by atoms with E-state index in [9.17, 15) is 0 Å². The fraction of sp³-hybridized carbons (Fsp3) is 0.526. The van der Waals surface area contributed by atoms with E-state index in [0.717, 1.165) is 64.0 Å². The molecule has 2 N–H and O–H groups in total. The van der Waals surface area contributed by atoms with Crippen LogP contribution in [-0.2, 0) is 13.1 Å². The van der Waals surface area contributed by atoms with Gasteiger partial charge in [0.2, 0.25) is 0 Å². The van der Waals surface area contributed by atoms with E-state index in [4.69, 9.17) is 0 Å².